The fourth-order valence-corrected chi connectivity index (χ4v) is 4.93. The van der Waals surface area contributed by atoms with E-state index in [-0.39, 0.29) is 0 Å². The highest BCUT2D eigenvalue weighted by Crippen LogP contribution is 2.60. The molecular formula is C14H22O2. The molecule has 2 bridgehead atoms. The van der Waals surface area contributed by atoms with Crippen molar-refractivity contribution in [1.82, 2.24) is 0 Å². The molecule has 4 aliphatic rings. The Balaban J connectivity index is 1.34. The average molecular weight is 222 g/mol. The van der Waals surface area contributed by atoms with Crippen LogP contribution in [0.1, 0.15) is 32.1 Å². The molecule has 0 spiro atoms. The summed E-state index contributed by atoms with van der Waals surface area (Å²) >= 11 is 0. The van der Waals surface area contributed by atoms with E-state index in [2.05, 4.69) is 0 Å². The van der Waals surface area contributed by atoms with E-state index in [4.69, 9.17) is 9.47 Å². The summed E-state index contributed by atoms with van der Waals surface area (Å²) in [6.07, 6.45) is 7.99. The minimum atomic E-state index is 0.442. The van der Waals surface area contributed by atoms with Crippen molar-refractivity contribution in [3.05, 3.63) is 0 Å². The summed E-state index contributed by atoms with van der Waals surface area (Å²) in [6.45, 7) is 2.80. The first kappa shape index (κ1) is 9.90. The molecule has 1 aliphatic heterocycles. The molecule has 0 aromatic carbocycles. The molecule has 6 atom stereocenters. The zero-order valence-electron chi connectivity index (χ0n) is 9.94. The van der Waals surface area contributed by atoms with Crippen LogP contribution in [0.3, 0.4) is 0 Å². The minimum Gasteiger partial charge on any atom is -0.378 e. The lowest BCUT2D eigenvalue weighted by Crippen LogP contribution is -2.25. The van der Waals surface area contributed by atoms with Crippen LogP contribution >= 0.6 is 0 Å². The van der Waals surface area contributed by atoms with Crippen LogP contribution in [0.4, 0.5) is 0 Å². The van der Waals surface area contributed by atoms with E-state index in [1.165, 1.54) is 25.7 Å². The van der Waals surface area contributed by atoms with Gasteiger partial charge in [0.15, 0.2) is 0 Å². The van der Waals surface area contributed by atoms with Gasteiger partial charge in [-0.2, -0.15) is 0 Å². The van der Waals surface area contributed by atoms with Crippen molar-refractivity contribution in [2.24, 2.45) is 29.6 Å². The smallest absolute Gasteiger partial charge is 0.104 e. The Morgan fingerprint density at radius 2 is 1.88 bits per heavy atom. The normalized spacial score (nSPS) is 53.2. The van der Waals surface area contributed by atoms with E-state index in [0.717, 1.165) is 49.4 Å². The Labute approximate surface area is 97.7 Å². The van der Waals surface area contributed by atoms with Crippen LogP contribution in [0, 0.1) is 29.6 Å². The average Bonchev–Trinajstić information content (AvgIpc) is 2.77. The van der Waals surface area contributed by atoms with Gasteiger partial charge in [0.1, 0.15) is 6.10 Å². The van der Waals surface area contributed by atoms with Gasteiger partial charge in [-0.05, 0) is 61.7 Å². The van der Waals surface area contributed by atoms with Gasteiger partial charge in [0.2, 0.25) is 0 Å². The fourth-order valence-electron chi connectivity index (χ4n) is 4.93. The second-order valence-electron chi connectivity index (χ2n) is 6.40. The van der Waals surface area contributed by atoms with Crippen LogP contribution in [-0.4, -0.2) is 25.9 Å². The van der Waals surface area contributed by atoms with Crippen LogP contribution < -0.4 is 0 Å². The Hall–Kier alpha value is -0.0800. The second kappa shape index (κ2) is 3.71. The number of fused-ring (bicyclic) bond motifs is 5. The first-order valence-corrected chi connectivity index (χ1v) is 7.11. The third-order valence-electron chi connectivity index (χ3n) is 5.61. The predicted octanol–water partition coefficient (Wildman–Crippen LogP) is 2.47. The lowest BCUT2D eigenvalue weighted by molar-refractivity contribution is 0.0589. The molecule has 2 heteroatoms. The van der Waals surface area contributed by atoms with Crippen molar-refractivity contribution >= 4 is 0 Å². The van der Waals surface area contributed by atoms with E-state index in [9.17, 15) is 0 Å². The van der Waals surface area contributed by atoms with Gasteiger partial charge in [-0.15, -0.1) is 0 Å². The minimum absolute atomic E-state index is 0.442. The molecule has 4 fully saturated rings. The summed E-state index contributed by atoms with van der Waals surface area (Å²) in [5.41, 5.74) is 0. The van der Waals surface area contributed by atoms with Crippen LogP contribution in [0.5, 0.6) is 0 Å². The highest BCUT2D eigenvalue weighted by molar-refractivity contribution is 5.02. The molecule has 2 nitrogen and oxygen atoms in total. The Bertz CT molecular complexity index is 274. The highest BCUT2D eigenvalue weighted by Gasteiger charge is 2.53. The molecule has 0 N–H and O–H groups in total. The first-order chi connectivity index (χ1) is 7.92. The van der Waals surface area contributed by atoms with E-state index in [1.807, 2.05) is 0 Å². The van der Waals surface area contributed by atoms with Crippen LogP contribution in [0.15, 0.2) is 0 Å². The molecule has 3 aliphatic carbocycles. The summed E-state index contributed by atoms with van der Waals surface area (Å²) in [5, 5.41) is 0. The maximum absolute atomic E-state index is 5.83. The quantitative estimate of drug-likeness (QED) is 0.682. The predicted molar refractivity (Wildman–Crippen MR) is 61.1 cm³/mol. The van der Waals surface area contributed by atoms with Crippen molar-refractivity contribution in [2.75, 3.05) is 19.8 Å². The molecule has 16 heavy (non-hydrogen) atoms. The molecule has 1 saturated heterocycles. The Morgan fingerprint density at radius 3 is 2.75 bits per heavy atom. The maximum atomic E-state index is 5.83. The summed E-state index contributed by atoms with van der Waals surface area (Å²) in [7, 11) is 0. The molecule has 1 heterocycles. The van der Waals surface area contributed by atoms with Crippen molar-refractivity contribution in [2.45, 2.75) is 38.2 Å². The van der Waals surface area contributed by atoms with Crippen LogP contribution in [0.2, 0.25) is 0 Å². The molecule has 3 saturated carbocycles. The van der Waals surface area contributed by atoms with Gasteiger partial charge in [-0.25, -0.2) is 0 Å². The molecule has 0 amide bonds. The zero-order chi connectivity index (χ0) is 10.5. The second-order valence-corrected chi connectivity index (χ2v) is 6.40. The molecule has 0 aromatic heterocycles. The number of rotatable bonds is 4. The molecule has 90 valence electrons. The van der Waals surface area contributed by atoms with Crippen molar-refractivity contribution in [3.63, 3.8) is 0 Å². The Kier molecular flexibility index (Phi) is 2.29. The third kappa shape index (κ3) is 1.53. The summed E-state index contributed by atoms with van der Waals surface area (Å²) in [6, 6.07) is 0. The molecular weight excluding hydrogens is 200 g/mol. The molecule has 4 rings (SSSR count). The number of epoxide rings is 1. The van der Waals surface area contributed by atoms with Gasteiger partial charge in [-0.1, -0.05) is 0 Å². The van der Waals surface area contributed by atoms with E-state index in [1.54, 1.807) is 6.42 Å². The zero-order valence-corrected chi connectivity index (χ0v) is 9.94. The van der Waals surface area contributed by atoms with Gasteiger partial charge in [-0.3, -0.25) is 0 Å². The topological polar surface area (TPSA) is 21.8 Å². The fraction of sp³-hybridized carbons (Fsp3) is 1.00. The van der Waals surface area contributed by atoms with Crippen LogP contribution in [-0.2, 0) is 9.47 Å². The van der Waals surface area contributed by atoms with Gasteiger partial charge >= 0.3 is 0 Å². The van der Waals surface area contributed by atoms with Crippen LogP contribution in [0.25, 0.3) is 0 Å². The summed E-state index contributed by atoms with van der Waals surface area (Å²) in [5.74, 6) is 5.19. The maximum Gasteiger partial charge on any atom is 0.104 e. The highest BCUT2D eigenvalue weighted by atomic mass is 16.6. The van der Waals surface area contributed by atoms with Crippen molar-refractivity contribution < 1.29 is 9.47 Å². The lowest BCUT2D eigenvalue weighted by Gasteiger charge is -2.28. The summed E-state index contributed by atoms with van der Waals surface area (Å²) in [4.78, 5) is 0. The molecule has 0 radical (unpaired) electrons. The SMILES string of the molecule is C(OCC1CCC2C3CCC(C3)C12)C1CO1. The Morgan fingerprint density at radius 1 is 1.00 bits per heavy atom. The summed E-state index contributed by atoms with van der Waals surface area (Å²) < 4.78 is 11.0. The first-order valence-electron chi connectivity index (χ1n) is 7.11. The molecule has 6 unspecified atom stereocenters. The van der Waals surface area contributed by atoms with Gasteiger partial charge in [0.25, 0.3) is 0 Å². The van der Waals surface area contributed by atoms with Crippen molar-refractivity contribution in [1.29, 1.82) is 0 Å². The van der Waals surface area contributed by atoms with Crippen molar-refractivity contribution in [3.8, 4) is 0 Å². The van der Waals surface area contributed by atoms with E-state index >= 15 is 0 Å². The lowest BCUT2D eigenvalue weighted by atomic mass is 9.78. The number of ether oxygens (including phenoxy) is 2. The van der Waals surface area contributed by atoms with Gasteiger partial charge < -0.3 is 9.47 Å². The van der Waals surface area contributed by atoms with Gasteiger partial charge in [0.05, 0.1) is 13.2 Å². The largest absolute Gasteiger partial charge is 0.378 e. The third-order valence-corrected chi connectivity index (χ3v) is 5.61. The monoisotopic (exact) mass is 222 g/mol. The number of hydrogen-bond donors (Lipinski definition) is 0. The van der Waals surface area contributed by atoms with Gasteiger partial charge in [0, 0.05) is 6.61 Å². The van der Waals surface area contributed by atoms with E-state index in [0.29, 0.717) is 6.10 Å². The van der Waals surface area contributed by atoms with E-state index < -0.39 is 0 Å². The number of hydrogen-bond acceptors (Lipinski definition) is 2. The standard InChI is InChI=1S/C14H22O2/c1-2-10-5-9(1)13-4-3-11(14(10)13)6-15-7-12-8-16-12/h9-14H,1-8H2. The molecule has 0 aromatic rings.